The number of rotatable bonds is 4. The second-order valence-electron chi connectivity index (χ2n) is 5.42. The van der Waals surface area contributed by atoms with Crippen LogP contribution in [0.2, 0.25) is 0 Å². The summed E-state index contributed by atoms with van der Waals surface area (Å²) in [5.41, 5.74) is 7.64. The first-order valence-electron chi connectivity index (χ1n) is 7.45. The summed E-state index contributed by atoms with van der Waals surface area (Å²) >= 11 is 5.04. The maximum atomic E-state index is 12.6. The number of hydrogen-bond donors (Lipinski definition) is 1. The van der Waals surface area contributed by atoms with Crippen LogP contribution in [-0.4, -0.2) is 52.9 Å². The Morgan fingerprint density at radius 3 is 2.48 bits per heavy atom. The van der Waals surface area contributed by atoms with Gasteiger partial charge in [-0.15, -0.1) is 0 Å². The van der Waals surface area contributed by atoms with Crippen LogP contribution in [0.4, 0.5) is 0 Å². The Balaban J connectivity index is 2.02. The monoisotopic (exact) mass is 305 g/mol. The minimum atomic E-state index is 0.0974. The summed E-state index contributed by atoms with van der Waals surface area (Å²) in [5.74, 6) is 0.134. The molecule has 1 aromatic carbocycles. The number of nitrogens with two attached hydrogens (primary N) is 1. The third-order valence-corrected chi connectivity index (χ3v) is 4.53. The molecule has 0 saturated carbocycles. The largest absolute Gasteiger partial charge is 0.392 e. The predicted molar refractivity (Wildman–Crippen MR) is 89.5 cm³/mol. The molecule has 1 fully saturated rings. The number of amides is 1. The molecule has 4 nitrogen and oxygen atoms in total. The van der Waals surface area contributed by atoms with E-state index < -0.39 is 0 Å². The molecule has 1 atom stereocenters. The highest BCUT2D eigenvalue weighted by Gasteiger charge is 2.26. The van der Waals surface area contributed by atoms with Crippen LogP contribution in [0.5, 0.6) is 0 Å². The number of thiocarbonyl (C=S) groups is 1. The van der Waals surface area contributed by atoms with Gasteiger partial charge in [0.15, 0.2) is 0 Å². The van der Waals surface area contributed by atoms with Gasteiger partial charge in [-0.1, -0.05) is 37.3 Å². The summed E-state index contributed by atoms with van der Waals surface area (Å²) in [4.78, 5) is 17.3. The van der Waals surface area contributed by atoms with Crippen molar-refractivity contribution in [1.29, 1.82) is 0 Å². The van der Waals surface area contributed by atoms with Gasteiger partial charge in [0, 0.05) is 31.7 Å². The highest BCUT2D eigenvalue weighted by molar-refractivity contribution is 7.80. The number of carbonyl (C=O) groups excluding carboxylic acids is 1. The van der Waals surface area contributed by atoms with Gasteiger partial charge in [-0.2, -0.15) is 0 Å². The maximum absolute atomic E-state index is 12.6. The Morgan fingerprint density at radius 1 is 1.29 bits per heavy atom. The molecule has 2 rings (SSSR count). The van der Waals surface area contributed by atoms with Gasteiger partial charge in [-0.3, -0.25) is 9.69 Å². The van der Waals surface area contributed by atoms with Crippen molar-refractivity contribution in [1.82, 2.24) is 9.80 Å². The predicted octanol–water partition coefficient (Wildman–Crippen LogP) is 1.68. The first kappa shape index (κ1) is 15.9. The van der Waals surface area contributed by atoms with Gasteiger partial charge in [-0.25, -0.2) is 0 Å². The summed E-state index contributed by atoms with van der Waals surface area (Å²) in [6.07, 6.45) is 0.875. The van der Waals surface area contributed by atoms with Crippen molar-refractivity contribution in [3.8, 4) is 0 Å². The molecular formula is C16H23N3OS. The zero-order chi connectivity index (χ0) is 15.4. The first-order chi connectivity index (χ1) is 10.0. The lowest BCUT2D eigenvalue weighted by Crippen LogP contribution is -2.54. The summed E-state index contributed by atoms with van der Waals surface area (Å²) in [6.45, 7) is 7.19. The molecule has 1 unspecified atom stereocenters. The Morgan fingerprint density at radius 2 is 1.90 bits per heavy atom. The number of nitrogens with zero attached hydrogens (tertiary/aromatic N) is 2. The van der Waals surface area contributed by atoms with E-state index in [2.05, 4.69) is 11.8 Å². The molecule has 2 N–H and O–H groups in total. The third-order valence-electron chi connectivity index (χ3n) is 4.19. The molecule has 21 heavy (non-hydrogen) atoms. The average Bonchev–Trinajstić information content (AvgIpc) is 2.53. The van der Waals surface area contributed by atoms with E-state index in [1.165, 1.54) is 0 Å². The minimum Gasteiger partial charge on any atom is -0.392 e. The van der Waals surface area contributed by atoms with E-state index in [1.807, 2.05) is 36.1 Å². The maximum Gasteiger partial charge on any atom is 0.254 e. The Bertz CT molecular complexity index is 524. The van der Waals surface area contributed by atoms with Gasteiger partial charge in [0.25, 0.3) is 5.91 Å². The lowest BCUT2D eigenvalue weighted by Gasteiger charge is -2.37. The lowest BCUT2D eigenvalue weighted by molar-refractivity contribution is 0.0620. The summed E-state index contributed by atoms with van der Waals surface area (Å²) in [5, 5.41) is 0. The quantitative estimate of drug-likeness (QED) is 0.860. The van der Waals surface area contributed by atoms with E-state index in [-0.39, 0.29) is 11.9 Å². The van der Waals surface area contributed by atoms with Crippen molar-refractivity contribution in [2.45, 2.75) is 26.3 Å². The van der Waals surface area contributed by atoms with Crippen molar-refractivity contribution in [3.05, 3.63) is 35.4 Å². The van der Waals surface area contributed by atoms with Crippen LogP contribution in [0.15, 0.2) is 24.3 Å². The number of piperazine rings is 1. The minimum absolute atomic E-state index is 0.0974. The van der Waals surface area contributed by atoms with Crippen LogP contribution in [0.3, 0.4) is 0 Å². The summed E-state index contributed by atoms with van der Waals surface area (Å²) < 4.78 is 0. The normalized spacial score (nSPS) is 17.5. The molecular weight excluding hydrogens is 282 g/mol. The lowest BCUT2D eigenvalue weighted by atomic mass is 10.0. The molecule has 0 aliphatic carbocycles. The second kappa shape index (κ2) is 7.00. The standard InChI is InChI=1S/C16H23N3OS/c1-3-13-6-4-5-7-14(13)16(20)19-10-8-18(9-11-19)12(2)15(17)21/h4-7,12H,3,8-11H2,1-2H3,(H2,17,21). The molecule has 0 aromatic heterocycles. The van der Waals surface area contributed by atoms with E-state index >= 15 is 0 Å². The average molecular weight is 305 g/mol. The fourth-order valence-corrected chi connectivity index (χ4v) is 2.85. The third kappa shape index (κ3) is 3.60. The Kier molecular flexibility index (Phi) is 5.31. The molecule has 0 radical (unpaired) electrons. The van der Waals surface area contributed by atoms with E-state index in [1.54, 1.807) is 0 Å². The van der Waals surface area contributed by atoms with Crippen molar-refractivity contribution in [2.24, 2.45) is 5.73 Å². The number of hydrogen-bond acceptors (Lipinski definition) is 3. The van der Waals surface area contributed by atoms with Crippen LogP contribution in [0, 0.1) is 0 Å². The van der Waals surface area contributed by atoms with Gasteiger partial charge < -0.3 is 10.6 Å². The number of carbonyl (C=O) groups is 1. The molecule has 1 heterocycles. The van der Waals surface area contributed by atoms with Crippen LogP contribution >= 0.6 is 12.2 Å². The highest BCUT2D eigenvalue weighted by atomic mass is 32.1. The van der Waals surface area contributed by atoms with Crippen LogP contribution < -0.4 is 5.73 Å². The fourth-order valence-electron chi connectivity index (χ4n) is 2.70. The van der Waals surface area contributed by atoms with Crippen molar-refractivity contribution < 1.29 is 4.79 Å². The van der Waals surface area contributed by atoms with Crippen molar-refractivity contribution >= 4 is 23.1 Å². The van der Waals surface area contributed by atoms with Gasteiger partial charge >= 0.3 is 0 Å². The molecule has 0 spiro atoms. The second-order valence-corrected chi connectivity index (χ2v) is 5.89. The zero-order valence-corrected chi connectivity index (χ0v) is 13.5. The molecule has 1 aliphatic heterocycles. The highest BCUT2D eigenvalue weighted by Crippen LogP contribution is 2.15. The van der Waals surface area contributed by atoms with E-state index in [0.29, 0.717) is 4.99 Å². The molecule has 1 aromatic rings. The topological polar surface area (TPSA) is 49.6 Å². The van der Waals surface area contributed by atoms with Gasteiger partial charge in [-0.05, 0) is 25.0 Å². The van der Waals surface area contributed by atoms with Crippen LogP contribution in [-0.2, 0) is 6.42 Å². The molecule has 1 saturated heterocycles. The van der Waals surface area contributed by atoms with Crippen LogP contribution in [0.1, 0.15) is 29.8 Å². The summed E-state index contributed by atoms with van der Waals surface area (Å²) in [7, 11) is 0. The molecule has 5 heteroatoms. The molecule has 1 amide bonds. The Hall–Kier alpha value is -1.46. The van der Waals surface area contributed by atoms with Gasteiger partial charge in [0.1, 0.15) is 0 Å². The van der Waals surface area contributed by atoms with Crippen LogP contribution in [0.25, 0.3) is 0 Å². The first-order valence-corrected chi connectivity index (χ1v) is 7.86. The van der Waals surface area contributed by atoms with Crippen molar-refractivity contribution in [2.75, 3.05) is 26.2 Å². The molecule has 0 bridgehead atoms. The van der Waals surface area contributed by atoms with E-state index in [0.717, 1.165) is 43.7 Å². The molecule has 1 aliphatic rings. The smallest absolute Gasteiger partial charge is 0.254 e. The zero-order valence-electron chi connectivity index (χ0n) is 12.7. The van der Waals surface area contributed by atoms with E-state index in [9.17, 15) is 4.79 Å². The number of aryl methyl sites for hydroxylation is 1. The number of benzene rings is 1. The SMILES string of the molecule is CCc1ccccc1C(=O)N1CCN(C(C)C(N)=S)CC1. The fraction of sp³-hybridized carbons (Fsp3) is 0.500. The van der Waals surface area contributed by atoms with E-state index in [4.69, 9.17) is 18.0 Å². The summed E-state index contributed by atoms with van der Waals surface area (Å²) in [6, 6.07) is 7.96. The molecule has 114 valence electrons. The van der Waals surface area contributed by atoms with Crippen molar-refractivity contribution in [3.63, 3.8) is 0 Å². The van der Waals surface area contributed by atoms with Gasteiger partial charge in [0.2, 0.25) is 0 Å². The van der Waals surface area contributed by atoms with Gasteiger partial charge in [0.05, 0.1) is 11.0 Å². The Labute approximate surface area is 131 Å².